The molecule has 0 radical (unpaired) electrons. The number of hydrogen-bond donors (Lipinski definition) is 2. The van der Waals surface area contributed by atoms with Gasteiger partial charge in [0.15, 0.2) is 9.84 Å². The third-order valence-corrected chi connectivity index (χ3v) is 7.00. The highest BCUT2D eigenvalue weighted by Gasteiger charge is 2.33. The van der Waals surface area contributed by atoms with Crippen LogP contribution in [-0.4, -0.2) is 58.9 Å². The Balaban J connectivity index is 2.05. The number of furan rings is 1. The van der Waals surface area contributed by atoms with Crippen molar-refractivity contribution in [1.82, 2.24) is 15.5 Å². The molecule has 2 aromatic heterocycles. The van der Waals surface area contributed by atoms with Gasteiger partial charge in [-0.15, -0.1) is 11.3 Å². The van der Waals surface area contributed by atoms with Crippen LogP contribution in [0.25, 0.3) is 0 Å². The molecule has 2 N–H and O–H groups in total. The van der Waals surface area contributed by atoms with Crippen molar-refractivity contribution < 1.29 is 22.4 Å². The van der Waals surface area contributed by atoms with Crippen molar-refractivity contribution in [2.24, 2.45) is 0 Å². The van der Waals surface area contributed by atoms with Crippen LogP contribution in [0, 0.1) is 0 Å². The first-order valence-electron chi connectivity index (χ1n) is 7.84. The molecule has 2 aromatic rings. The number of likely N-dealkylation sites (N-methyl/N-ethyl adjacent to an activating group) is 1. The summed E-state index contributed by atoms with van der Waals surface area (Å²) in [7, 11) is -0.0728. The van der Waals surface area contributed by atoms with Gasteiger partial charge >= 0.3 is 11.8 Å². The van der Waals surface area contributed by atoms with E-state index in [1.165, 1.54) is 18.4 Å². The van der Waals surface area contributed by atoms with Crippen molar-refractivity contribution in [3.63, 3.8) is 0 Å². The normalized spacial score (nSPS) is 12.7. The lowest BCUT2D eigenvalue weighted by atomic mass is 10.3. The van der Waals surface area contributed by atoms with Gasteiger partial charge in [-0.2, -0.15) is 0 Å². The van der Waals surface area contributed by atoms with Crippen LogP contribution in [0.3, 0.4) is 0 Å². The topological polar surface area (TPSA) is 109 Å². The summed E-state index contributed by atoms with van der Waals surface area (Å²) in [5.41, 5.74) is 0. The van der Waals surface area contributed by atoms with Crippen LogP contribution in [0.1, 0.15) is 11.0 Å². The van der Waals surface area contributed by atoms with E-state index < -0.39 is 26.9 Å². The second kappa shape index (κ2) is 8.97. The number of carbonyl (C=O) groups excluding carboxylic acids is 2. The zero-order valence-electron chi connectivity index (χ0n) is 14.5. The van der Waals surface area contributed by atoms with Gasteiger partial charge in [-0.25, -0.2) is 8.42 Å². The minimum atomic E-state index is -3.76. The number of nitrogens with one attached hydrogen (secondary N) is 2. The van der Waals surface area contributed by atoms with Gasteiger partial charge < -0.3 is 20.0 Å². The van der Waals surface area contributed by atoms with Crippen LogP contribution in [-0.2, 0) is 19.4 Å². The number of hydrogen-bond acceptors (Lipinski definition) is 7. The molecule has 0 aliphatic carbocycles. The molecule has 0 aliphatic heterocycles. The van der Waals surface area contributed by atoms with Crippen molar-refractivity contribution in [2.45, 2.75) is 9.46 Å². The molecular formula is C16H21N3O5S2. The molecule has 2 heterocycles. The minimum absolute atomic E-state index is 0.170. The van der Waals surface area contributed by atoms with E-state index in [0.717, 1.165) is 11.3 Å². The van der Waals surface area contributed by atoms with E-state index >= 15 is 0 Å². The Kier molecular flexibility index (Phi) is 6.95. The molecule has 0 aromatic carbocycles. The average molecular weight is 399 g/mol. The van der Waals surface area contributed by atoms with Crippen molar-refractivity contribution in [3.8, 4) is 0 Å². The quantitative estimate of drug-likeness (QED) is 0.631. The van der Waals surface area contributed by atoms with Crippen molar-refractivity contribution in [3.05, 3.63) is 41.7 Å². The highest BCUT2D eigenvalue weighted by Crippen LogP contribution is 2.31. The number of sulfone groups is 1. The molecule has 0 fully saturated rings. The Morgan fingerprint density at radius 1 is 1.19 bits per heavy atom. The molecule has 0 spiro atoms. The third kappa shape index (κ3) is 5.16. The molecule has 0 bridgehead atoms. The van der Waals surface area contributed by atoms with Gasteiger partial charge in [0.25, 0.3) is 0 Å². The van der Waals surface area contributed by atoms with Gasteiger partial charge in [0.1, 0.15) is 15.2 Å². The fourth-order valence-electron chi connectivity index (χ4n) is 2.14. The lowest BCUT2D eigenvalue weighted by Crippen LogP contribution is -2.43. The average Bonchev–Trinajstić information content (AvgIpc) is 3.28. The smallest absolute Gasteiger partial charge is 0.309 e. The monoisotopic (exact) mass is 399 g/mol. The van der Waals surface area contributed by atoms with Gasteiger partial charge in [0, 0.05) is 19.6 Å². The largest absolute Gasteiger partial charge is 0.468 e. The molecule has 10 heteroatoms. The van der Waals surface area contributed by atoms with E-state index in [-0.39, 0.29) is 16.5 Å². The van der Waals surface area contributed by atoms with E-state index in [9.17, 15) is 18.0 Å². The van der Waals surface area contributed by atoms with E-state index in [0.29, 0.717) is 13.1 Å². The Labute approximate surface area is 156 Å². The summed E-state index contributed by atoms with van der Waals surface area (Å²) in [5, 5.41) is 5.39. The molecule has 1 atom stereocenters. The molecule has 2 rings (SSSR count). The summed E-state index contributed by atoms with van der Waals surface area (Å²) in [5.74, 6) is -1.49. The van der Waals surface area contributed by atoms with Gasteiger partial charge in [0.2, 0.25) is 0 Å². The zero-order valence-corrected chi connectivity index (χ0v) is 16.1. The number of nitrogens with zero attached hydrogens (tertiary/aromatic N) is 1. The molecule has 8 nitrogen and oxygen atoms in total. The Morgan fingerprint density at radius 2 is 1.92 bits per heavy atom. The highest BCUT2D eigenvalue weighted by atomic mass is 32.2. The predicted molar refractivity (Wildman–Crippen MR) is 97.5 cm³/mol. The fraction of sp³-hybridized carbons (Fsp3) is 0.375. The molecular weight excluding hydrogens is 378 g/mol. The number of carbonyl (C=O) groups is 2. The molecule has 2 amide bonds. The predicted octanol–water partition coefficient (Wildman–Crippen LogP) is 0.650. The summed E-state index contributed by atoms with van der Waals surface area (Å²) in [6.07, 6.45) is 1.36. The van der Waals surface area contributed by atoms with Gasteiger partial charge in [-0.1, -0.05) is 6.07 Å². The maximum atomic E-state index is 12.8. The fourth-order valence-corrected chi connectivity index (χ4v) is 4.93. The summed E-state index contributed by atoms with van der Waals surface area (Å²) >= 11 is 1.08. The number of rotatable bonds is 8. The standard InChI is InChI=1S/C16H21N3O5S2/c1-19(2)8-7-17-15(20)16(21)18-11-13(12-5-3-9-24-12)26(22,23)14-6-4-10-25-14/h3-6,9-10,13H,7-8,11H2,1-2H3,(H,17,20)(H,18,21). The van der Waals surface area contributed by atoms with Gasteiger partial charge in [-0.3, -0.25) is 9.59 Å². The van der Waals surface area contributed by atoms with Crippen LogP contribution in [0.5, 0.6) is 0 Å². The molecule has 26 heavy (non-hydrogen) atoms. The van der Waals surface area contributed by atoms with Crippen molar-refractivity contribution in [2.75, 3.05) is 33.7 Å². The lowest BCUT2D eigenvalue weighted by Gasteiger charge is -2.15. The molecule has 0 aliphatic rings. The van der Waals surface area contributed by atoms with Crippen LogP contribution in [0.4, 0.5) is 0 Å². The maximum absolute atomic E-state index is 12.8. The Morgan fingerprint density at radius 3 is 2.50 bits per heavy atom. The van der Waals surface area contributed by atoms with Gasteiger partial charge in [-0.05, 0) is 37.7 Å². The van der Waals surface area contributed by atoms with E-state index in [1.807, 2.05) is 19.0 Å². The van der Waals surface area contributed by atoms with Crippen molar-refractivity contribution >= 4 is 33.0 Å². The first-order chi connectivity index (χ1) is 12.3. The SMILES string of the molecule is CN(C)CCNC(=O)C(=O)NCC(c1ccco1)S(=O)(=O)c1cccs1. The van der Waals surface area contributed by atoms with Crippen LogP contribution < -0.4 is 10.6 Å². The van der Waals surface area contributed by atoms with Crippen LogP contribution >= 0.6 is 11.3 Å². The first-order valence-corrected chi connectivity index (χ1v) is 10.3. The summed E-state index contributed by atoms with van der Waals surface area (Å²) in [6, 6.07) is 6.22. The van der Waals surface area contributed by atoms with Crippen LogP contribution in [0.2, 0.25) is 0 Å². The van der Waals surface area contributed by atoms with Crippen LogP contribution in [0.15, 0.2) is 44.5 Å². The number of amides is 2. The Bertz CT molecular complexity index is 814. The second-order valence-corrected chi connectivity index (χ2v) is 9.06. The van der Waals surface area contributed by atoms with Crippen molar-refractivity contribution in [1.29, 1.82) is 0 Å². The van der Waals surface area contributed by atoms with E-state index in [4.69, 9.17) is 4.42 Å². The maximum Gasteiger partial charge on any atom is 0.309 e. The third-order valence-electron chi connectivity index (χ3n) is 3.51. The zero-order chi connectivity index (χ0) is 19.2. The summed E-state index contributed by atoms with van der Waals surface area (Å²) in [4.78, 5) is 25.6. The molecule has 142 valence electrons. The minimum Gasteiger partial charge on any atom is -0.468 e. The second-order valence-electron chi connectivity index (χ2n) is 5.75. The Hall–Kier alpha value is -2.17. The lowest BCUT2D eigenvalue weighted by molar-refractivity contribution is -0.139. The molecule has 0 saturated heterocycles. The van der Waals surface area contributed by atoms with Gasteiger partial charge in [0.05, 0.1) is 6.26 Å². The molecule has 1 unspecified atom stereocenters. The first kappa shape index (κ1) is 20.1. The van der Waals surface area contributed by atoms with E-state index in [1.54, 1.807) is 17.5 Å². The number of thiophene rings is 1. The van der Waals surface area contributed by atoms with E-state index in [2.05, 4.69) is 10.6 Å². The summed E-state index contributed by atoms with van der Waals surface area (Å²) in [6.45, 7) is 0.628. The highest BCUT2D eigenvalue weighted by molar-refractivity contribution is 7.93. The summed E-state index contributed by atoms with van der Waals surface area (Å²) < 4.78 is 31.0. The molecule has 0 saturated carbocycles.